The van der Waals surface area contributed by atoms with Gasteiger partial charge in [0.25, 0.3) is 0 Å². The summed E-state index contributed by atoms with van der Waals surface area (Å²) in [6.07, 6.45) is 5.85. The molecule has 2 saturated carbocycles. The van der Waals surface area contributed by atoms with Crippen LogP contribution in [0.25, 0.3) is 0 Å². The molecule has 0 aromatic carbocycles. The van der Waals surface area contributed by atoms with Crippen molar-refractivity contribution in [1.82, 2.24) is 0 Å². The van der Waals surface area contributed by atoms with Gasteiger partial charge in [-0.1, -0.05) is 38.5 Å². The second-order valence-corrected chi connectivity index (χ2v) is 13.9. The van der Waals surface area contributed by atoms with Crippen LogP contribution in [0.3, 0.4) is 0 Å². The second-order valence-electron chi connectivity index (χ2n) is 13.9. The van der Waals surface area contributed by atoms with Crippen LogP contribution in [0.15, 0.2) is 35.6 Å². The lowest BCUT2D eigenvalue weighted by Crippen LogP contribution is -2.64. The number of hydrogen-bond donors (Lipinski definition) is 4. The molecule has 0 bridgehead atoms. The fraction of sp³-hybridized carbons (Fsp3) is 0.700. The average Bonchev–Trinajstić information content (AvgIpc) is 2.96. The Kier molecular flexibility index (Phi) is 6.01. The summed E-state index contributed by atoms with van der Waals surface area (Å²) in [5.41, 5.74) is -5.75. The molecule has 0 amide bonds. The van der Waals surface area contributed by atoms with Crippen LogP contribution in [0.5, 0.6) is 0 Å². The Morgan fingerprint density at radius 1 is 1.05 bits per heavy atom. The number of Topliss-reactive ketones (excluding diaryl/α,β-unsaturated/α-hetero) is 2. The summed E-state index contributed by atoms with van der Waals surface area (Å²) in [5.74, 6) is -2.98. The molecule has 4 aliphatic carbocycles. The third kappa shape index (κ3) is 3.60. The van der Waals surface area contributed by atoms with Crippen LogP contribution in [0.1, 0.15) is 74.7 Å². The van der Waals surface area contributed by atoms with Gasteiger partial charge in [-0.05, 0) is 76.4 Å². The molecule has 8 atom stereocenters. The van der Waals surface area contributed by atoms with Gasteiger partial charge >= 0.3 is 0 Å². The van der Waals surface area contributed by atoms with Crippen LogP contribution in [0.4, 0.5) is 0 Å². The molecular weight excluding hydrogens is 472 g/mol. The van der Waals surface area contributed by atoms with E-state index in [1.165, 1.54) is 32.9 Å². The van der Waals surface area contributed by atoms with Gasteiger partial charge in [-0.25, -0.2) is 0 Å². The molecule has 2 fully saturated rings. The fourth-order valence-electron chi connectivity index (χ4n) is 8.58. The van der Waals surface area contributed by atoms with Crippen molar-refractivity contribution in [2.24, 2.45) is 39.4 Å². The molecule has 37 heavy (non-hydrogen) atoms. The molecule has 204 valence electrons. The van der Waals surface area contributed by atoms with Crippen molar-refractivity contribution >= 4 is 17.3 Å². The Bertz CT molecular complexity index is 1150. The Morgan fingerprint density at radius 2 is 1.65 bits per heavy atom. The number of ketones is 3. The molecule has 0 heterocycles. The van der Waals surface area contributed by atoms with Gasteiger partial charge in [-0.15, -0.1) is 0 Å². The lowest BCUT2D eigenvalue weighted by molar-refractivity contribution is -0.179. The van der Waals surface area contributed by atoms with Crippen molar-refractivity contribution < 1.29 is 34.8 Å². The van der Waals surface area contributed by atoms with E-state index >= 15 is 0 Å². The first-order valence-corrected chi connectivity index (χ1v) is 13.2. The standard InChI is InChI=1S/C30H42O7/c1-25(2,36)12-11-21(33)30(8,37)23-19(32)14-27(5)20-10-9-16-17(13-18(31)24(35)26(16,3)4)29(20,7)22(34)15-28(23,27)6/h9,11-13,17,19-20,23,31-32,36-37H,10,14-15H2,1-8H3/b12-11+/t17?,19-,20?,23?,27+,28-,29+,30+/m0/s1. The van der Waals surface area contributed by atoms with Gasteiger partial charge in [-0.3, -0.25) is 14.4 Å². The molecule has 0 spiro atoms. The van der Waals surface area contributed by atoms with E-state index in [0.29, 0.717) is 12.8 Å². The summed E-state index contributed by atoms with van der Waals surface area (Å²) in [7, 11) is 0. The first-order valence-electron chi connectivity index (χ1n) is 13.2. The highest BCUT2D eigenvalue weighted by atomic mass is 16.3. The molecule has 3 unspecified atom stereocenters. The van der Waals surface area contributed by atoms with Gasteiger partial charge in [0.15, 0.2) is 11.5 Å². The lowest BCUT2D eigenvalue weighted by atomic mass is 9.39. The first kappa shape index (κ1) is 27.9. The first-order chi connectivity index (χ1) is 16.7. The van der Waals surface area contributed by atoms with Crippen LogP contribution in [0, 0.1) is 39.4 Å². The van der Waals surface area contributed by atoms with Gasteiger partial charge in [0.1, 0.15) is 11.4 Å². The fourth-order valence-corrected chi connectivity index (χ4v) is 8.58. The zero-order valence-electron chi connectivity index (χ0n) is 23.3. The SMILES string of the molecule is CC(C)(O)/C=C/C(=O)[C@@](C)(O)C1[C@@H](O)C[C@]2(C)C3CC=C4C(C=C(O)C(=O)C4(C)C)[C@@]3(C)C(=O)C[C@@]12C. The molecule has 4 rings (SSSR count). The summed E-state index contributed by atoms with van der Waals surface area (Å²) in [5, 5.41) is 43.6. The highest BCUT2D eigenvalue weighted by molar-refractivity contribution is 6.02. The highest BCUT2D eigenvalue weighted by Crippen LogP contribution is 2.73. The van der Waals surface area contributed by atoms with Gasteiger partial charge in [0, 0.05) is 23.7 Å². The predicted octanol–water partition coefficient (Wildman–Crippen LogP) is 3.62. The highest BCUT2D eigenvalue weighted by Gasteiger charge is 2.74. The lowest BCUT2D eigenvalue weighted by Gasteiger charge is -2.63. The van der Waals surface area contributed by atoms with Crippen molar-refractivity contribution in [3.63, 3.8) is 0 Å². The molecule has 4 N–H and O–H groups in total. The van der Waals surface area contributed by atoms with E-state index in [9.17, 15) is 34.8 Å². The maximum absolute atomic E-state index is 14.2. The summed E-state index contributed by atoms with van der Waals surface area (Å²) in [4.78, 5) is 40.1. The van der Waals surface area contributed by atoms with E-state index in [-0.39, 0.29) is 29.7 Å². The molecule has 7 heteroatoms. The number of carbonyl (C=O) groups excluding carboxylic acids is 3. The Morgan fingerprint density at radius 3 is 2.22 bits per heavy atom. The second kappa shape index (κ2) is 7.96. The van der Waals surface area contributed by atoms with Gasteiger partial charge in [0.05, 0.1) is 17.1 Å². The molecule has 0 saturated heterocycles. The van der Waals surface area contributed by atoms with Crippen LogP contribution >= 0.6 is 0 Å². The summed E-state index contributed by atoms with van der Waals surface area (Å²) >= 11 is 0. The molecule has 0 aromatic rings. The average molecular weight is 515 g/mol. The van der Waals surface area contributed by atoms with E-state index in [4.69, 9.17) is 0 Å². The van der Waals surface area contributed by atoms with Crippen LogP contribution in [-0.2, 0) is 14.4 Å². The number of allylic oxidation sites excluding steroid dienone is 4. The van der Waals surface area contributed by atoms with E-state index in [0.717, 1.165) is 11.6 Å². The molecule has 0 radical (unpaired) electrons. The van der Waals surface area contributed by atoms with E-state index < -0.39 is 56.6 Å². The molecular formula is C30H42O7. The normalized spacial score (nSPS) is 42.9. The topological polar surface area (TPSA) is 132 Å². The smallest absolute Gasteiger partial charge is 0.206 e. The Labute approximate surface area is 219 Å². The van der Waals surface area contributed by atoms with E-state index in [1.807, 2.05) is 26.8 Å². The van der Waals surface area contributed by atoms with E-state index in [1.54, 1.807) is 13.8 Å². The zero-order valence-corrected chi connectivity index (χ0v) is 23.3. The largest absolute Gasteiger partial charge is 0.505 e. The van der Waals surface area contributed by atoms with Crippen LogP contribution in [-0.4, -0.2) is 55.1 Å². The molecule has 0 aliphatic heterocycles. The van der Waals surface area contributed by atoms with Crippen molar-refractivity contribution in [1.29, 1.82) is 0 Å². The minimum absolute atomic E-state index is 0.0453. The Hall–Kier alpha value is -2.09. The maximum Gasteiger partial charge on any atom is 0.206 e. The molecule has 0 aromatic heterocycles. The minimum atomic E-state index is -1.96. The zero-order chi connectivity index (χ0) is 28.1. The Balaban J connectivity index is 1.82. The maximum atomic E-state index is 14.2. The number of carbonyl (C=O) groups is 3. The van der Waals surface area contributed by atoms with Crippen molar-refractivity contribution in [3.05, 3.63) is 35.6 Å². The quantitative estimate of drug-likeness (QED) is 0.333. The number of fused-ring (bicyclic) bond motifs is 5. The monoisotopic (exact) mass is 514 g/mol. The molecule has 4 aliphatic rings. The minimum Gasteiger partial charge on any atom is -0.505 e. The number of aliphatic hydroxyl groups excluding tert-OH is 2. The third-order valence-corrected chi connectivity index (χ3v) is 10.8. The molecule has 7 nitrogen and oxygen atoms in total. The van der Waals surface area contributed by atoms with Crippen molar-refractivity contribution in [2.45, 2.75) is 92.0 Å². The van der Waals surface area contributed by atoms with Crippen LogP contribution in [0.2, 0.25) is 0 Å². The van der Waals surface area contributed by atoms with Gasteiger partial charge in [0.2, 0.25) is 5.78 Å². The number of hydrogen-bond acceptors (Lipinski definition) is 7. The summed E-state index contributed by atoms with van der Waals surface area (Å²) in [6.45, 7) is 13.8. The van der Waals surface area contributed by atoms with Crippen molar-refractivity contribution in [2.75, 3.05) is 0 Å². The third-order valence-electron chi connectivity index (χ3n) is 10.8. The van der Waals surface area contributed by atoms with E-state index in [2.05, 4.69) is 0 Å². The number of rotatable bonds is 4. The van der Waals surface area contributed by atoms with Crippen LogP contribution < -0.4 is 0 Å². The van der Waals surface area contributed by atoms with Gasteiger partial charge < -0.3 is 20.4 Å². The summed E-state index contributed by atoms with van der Waals surface area (Å²) in [6, 6.07) is 0. The summed E-state index contributed by atoms with van der Waals surface area (Å²) < 4.78 is 0. The predicted molar refractivity (Wildman–Crippen MR) is 138 cm³/mol. The van der Waals surface area contributed by atoms with Gasteiger partial charge in [-0.2, -0.15) is 0 Å². The number of aliphatic hydroxyl groups is 4. The van der Waals surface area contributed by atoms with Crippen molar-refractivity contribution in [3.8, 4) is 0 Å².